The fraction of sp³-hybridized carbons (Fsp3) is 0.174. The topological polar surface area (TPSA) is 41.1 Å². The molecule has 1 amide bonds. The first-order valence-electron chi connectivity index (χ1n) is 8.91. The van der Waals surface area contributed by atoms with E-state index in [9.17, 15) is 4.79 Å². The molecule has 3 heteroatoms. The smallest absolute Gasteiger partial charge is 0.257 e. The largest absolute Gasteiger partial charge is 0.355 e. The number of aryl methyl sites for hydroxylation is 2. The SMILES string of the molecule is CCc1ccccc1NC(=O)c1ccccc1Nc1cccc(C)c1C. The van der Waals surface area contributed by atoms with Crippen molar-refractivity contribution in [2.75, 3.05) is 10.6 Å². The van der Waals surface area contributed by atoms with Gasteiger partial charge in [-0.1, -0.05) is 49.4 Å². The molecular formula is C23H24N2O. The summed E-state index contributed by atoms with van der Waals surface area (Å²) in [6, 6.07) is 21.6. The normalized spacial score (nSPS) is 10.4. The standard InChI is InChI=1S/C23H24N2O/c1-4-18-11-5-7-13-21(18)25-23(26)19-12-6-8-14-22(19)24-20-15-9-10-16(2)17(20)3/h5-15,24H,4H2,1-3H3,(H,25,26). The van der Waals surface area contributed by atoms with E-state index in [1.54, 1.807) is 0 Å². The highest BCUT2D eigenvalue weighted by molar-refractivity contribution is 6.08. The van der Waals surface area contributed by atoms with Gasteiger partial charge >= 0.3 is 0 Å². The minimum Gasteiger partial charge on any atom is -0.355 e. The van der Waals surface area contributed by atoms with Crippen molar-refractivity contribution in [2.24, 2.45) is 0 Å². The Bertz CT molecular complexity index is 931. The minimum atomic E-state index is -0.112. The van der Waals surface area contributed by atoms with Gasteiger partial charge in [0.25, 0.3) is 5.91 Å². The molecule has 0 bridgehead atoms. The van der Waals surface area contributed by atoms with Crippen molar-refractivity contribution in [3.63, 3.8) is 0 Å². The van der Waals surface area contributed by atoms with Crippen LogP contribution in [0.5, 0.6) is 0 Å². The van der Waals surface area contributed by atoms with Gasteiger partial charge in [0.2, 0.25) is 0 Å². The third-order valence-electron chi connectivity index (χ3n) is 4.69. The second-order valence-corrected chi connectivity index (χ2v) is 6.38. The van der Waals surface area contributed by atoms with Gasteiger partial charge in [-0.05, 0) is 61.2 Å². The Labute approximate surface area is 155 Å². The van der Waals surface area contributed by atoms with Crippen LogP contribution < -0.4 is 10.6 Å². The van der Waals surface area contributed by atoms with Crippen molar-refractivity contribution >= 4 is 23.0 Å². The van der Waals surface area contributed by atoms with Gasteiger partial charge in [-0.15, -0.1) is 0 Å². The Morgan fingerprint density at radius 3 is 2.23 bits per heavy atom. The fourth-order valence-electron chi connectivity index (χ4n) is 2.96. The predicted molar refractivity (Wildman–Crippen MR) is 109 cm³/mol. The van der Waals surface area contributed by atoms with Crippen molar-refractivity contribution in [1.29, 1.82) is 0 Å². The Morgan fingerprint density at radius 2 is 1.46 bits per heavy atom. The fourth-order valence-corrected chi connectivity index (χ4v) is 2.96. The molecule has 0 aromatic heterocycles. The van der Waals surface area contributed by atoms with Crippen LogP contribution in [0.1, 0.15) is 34.0 Å². The average molecular weight is 344 g/mol. The number of hydrogen-bond donors (Lipinski definition) is 2. The number of rotatable bonds is 5. The van der Waals surface area contributed by atoms with Crippen molar-refractivity contribution in [1.82, 2.24) is 0 Å². The first-order valence-corrected chi connectivity index (χ1v) is 8.91. The molecule has 3 aromatic rings. The van der Waals surface area contributed by atoms with E-state index in [-0.39, 0.29) is 5.91 Å². The van der Waals surface area contributed by atoms with Gasteiger partial charge in [-0.25, -0.2) is 0 Å². The molecule has 0 saturated carbocycles. The maximum Gasteiger partial charge on any atom is 0.257 e. The first kappa shape index (κ1) is 17.7. The van der Waals surface area contributed by atoms with Gasteiger partial charge in [0.15, 0.2) is 0 Å². The van der Waals surface area contributed by atoms with E-state index in [4.69, 9.17) is 0 Å². The zero-order valence-electron chi connectivity index (χ0n) is 15.5. The van der Waals surface area contributed by atoms with Gasteiger partial charge in [0.1, 0.15) is 0 Å². The molecule has 0 saturated heterocycles. The monoisotopic (exact) mass is 344 g/mol. The summed E-state index contributed by atoms with van der Waals surface area (Å²) in [6.07, 6.45) is 0.874. The first-order chi connectivity index (χ1) is 12.6. The zero-order chi connectivity index (χ0) is 18.5. The summed E-state index contributed by atoms with van der Waals surface area (Å²) in [4.78, 5) is 12.9. The highest BCUT2D eigenvalue weighted by Gasteiger charge is 2.13. The van der Waals surface area contributed by atoms with Crippen molar-refractivity contribution < 1.29 is 4.79 Å². The van der Waals surface area contributed by atoms with E-state index in [0.717, 1.165) is 29.0 Å². The van der Waals surface area contributed by atoms with Crippen LogP contribution in [0, 0.1) is 13.8 Å². The van der Waals surface area contributed by atoms with Crippen LogP contribution in [0.3, 0.4) is 0 Å². The lowest BCUT2D eigenvalue weighted by atomic mass is 10.1. The molecule has 3 rings (SSSR count). The number of amides is 1. The van der Waals surface area contributed by atoms with Crippen molar-refractivity contribution in [3.05, 3.63) is 89.0 Å². The third-order valence-corrected chi connectivity index (χ3v) is 4.69. The number of para-hydroxylation sites is 2. The van der Waals surface area contributed by atoms with Crippen LogP contribution in [0.2, 0.25) is 0 Å². The molecule has 0 heterocycles. The van der Waals surface area contributed by atoms with E-state index < -0.39 is 0 Å². The van der Waals surface area contributed by atoms with E-state index in [1.165, 1.54) is 11.1 Å². The lowest BCUT2D eigenvalue weighted by Crippen LogP contribution is -2.15. The molecule has 0 unspecified atom stereocenters. The summed E-state index contributed by atoms with van der Waals surface area (Å²) in [5.41, 5.74) is 6.82. The molecule has 3 aromatic carbocycles. The van der Waals surface area contributed by atoms with Gasteiger partial charge < -0.3 is 10.6 Å². The highest BCUT2D eigenvalue weighted by Crippen LogP contribution is 2.26. The molecule has 26 heavy (non-hydrogen) atoms. The Hall–Kier alpha value is -3.07. The van der Waals surface area contributed by atoms with E-state index in [1.807, 2.05) is 60.7 Å². The number of anilines is 3. The second kappa shape index (κ2) is 7.87. The molecule has 0 atom stereocenters. The molecule has 0 aliphatic heterocycles. The summed E-state index contributed by atoms with van der Waals surface area (Å²) in [5.74, 6) is -0.112. The molecule has 3 nitrogen and oxygen atoms in total. The zero-order valence-corrected chi connectivity index (χ0v) is 15.5. The van der Waals surface area contributed by atoms with Gasteiger partial charge in [-0.2, -0.15) is 0 Å². The summed E-state index contributed by atoms with van der Waals surface area (Å²) in [6.45, 7) is 6.25. The van der Waals surface area contributed by atoms with Crippen LogP contribution in [-0.2, 0) is 6.42 Å². The van der Waals surface area contributed by atoms with Crippen LogP contribution in [0.25, 0.3) is 0 Å². The van der Waals surface area contributed by atoms with Crippen LogP contribution in [-0.4, -0.2) is 5.91 Å². The number of benzene rings is 3. The highest BCUT2D eigenvalue weighted by atomic mass is 16.1. The number of hydrogen-bond acceptors (Lipinski definition) is 2. The molecule has 0 aliphatic carbocycles. The molecule has 0 spiro atoms. The van der Waals surface area contributed by atoms with Crippen LogP contribution in [0.15, 0.2) is 66.7 Å². The van der Waals surface area contributed by atoms with E-state index in [0.29, 0.717) is 5.56 Å². The van der Waals surface area contributed by atoms with Gasteiger partial charge in [0, 0.05) is 11.4 Å². The van der Waals surface area contributed by atoms with Crippen molar-refractivity contribution in [2.45, 2.75) is 27.2 Å². The third kappa shape index (κ3) is 3.77. The molecule has 0 aliphatic rings. The molecular weight excluding hydrogens is 320 g/mol. The molecule has 0 fully saturated rings. The maximum atomic E-state index is 12.9. The van der Waals surface area contributed by atoms with Crippen LogP contribution >= 0.6 is 0 Å². The number of carbonyl (C=O) groups excluding carboxylic acids is 1. The van der Waals surface area contributed by atoms with Gasteiger partial charge in [-0.3, -0.25) is 4.79 Å². The summed E-state index contributed by atoms with van der Waals surface area (Å²) < 4.78 is 0. The Kier molecular flexibility index (Phi) is 5.37. The second-order valence-electron chi connectivity index (χ2n) is 6.38. The summed E-state index contributed by atoms with van der Waals surface area (Å²) >= 11 is 0. The van der Waals surface area contributed by atoms with E-state index in [2.05, 4.69) is 37.5 Å². The lowest BCUT2D eigenvalue weighted by molar-refractivity contribution is 0.102. The van der Waals surface area contributed by atoms with Gasteiger partial charge in [0.05, 0.1) is 11.3 Å². The quantitative estimate of drug-likeness (QED) is 0.608. The Balaban J connectivity index is 1.89. The van der Waals surface area contributed by atoms with E-state index >= 15 is 0 Å². The number of carbonyl (C=O) groups is 1. The number of nitrogens with one attached hydrogen (secondary N) is 2. The van der Waals surface area contributed by atoms with Crippen molar-refractivity contribution in [3.8, 4) is 0 Å². The molecule has 0 radical (unpaired) electrons. The summed E-state index contributed by atoms with van der Waals surface area (Å²) in [7, 11) is 0. The molecule has 2 N–H and O–H groups in total. The Morgan fingerprint density at radius 1 is 0.808 bits per heavy atom. The summed E-state index contributed by atoms with van der Waals surface area (Å²) in [5, 5.41) is 6.47. The minimum absolute atomic E-state index is 0.112. The lowest BCUT2D eigenvalue weighted by Gasteiger charge is -2.16. The predicted octanol–water partition coefficient (Wildman–Crippen LogP) is 5.86. The molecule has 132 valence electrons. The average Bonchev–Trinajstić information content (AvgIpc) is 2.66. The van der Waals surface area contributed by atoms with Crippen LogP contribution in [0.4, 0.5) is 17.1 Å². The maximum absolute atomic E-state index is 12.9.